The fourth-order valence-electron chi connectivity index (χ4n) is 0. The summed E-state index contributed by atoms with van der Waals surface area (Å²) in [4.78, 5) is 0. The third-order valence-corrected chi connectivity index (χ3v) is 0. The monoisotopic (exact) mass is 318 g/mol. The van der Waals surface area contributed by atoms with E-state index in [1.165, 1.54) is 0 Å². The molecule has 0 rings (SSSR count). The van der Waals surface area contributed by atoms with E-state index < -0.39 is 0 Å². The molecule has 9 heteroatoms. The van der Waals surface area contributed by atoms with Crippen LogP contribution in [-0.4, -0.2) is 37.7 Å². The Morgan fingerprint density at radius 3 is 0.400 bits per heavy atom. The summed E-state index contributed by atoms with van der Waals surface area (Å²) in [5, 5.41) is 39.0. The second-order valence-corrected chi connectivity index (χ2v) is 0. The molecular formula is C6H8CaFeN6Ni. The predicted molar refractivity (Wildman–Crippen MR) is 48.6 cm³/mol. The van der Waals surface area contributed by atoms with Crippen LogP contribution in [0, 0.1) is 71.0 Å². The van der Waals surface area contributed by atoms with Crippen molar-refractivity contribution in [2.75, 3.05) is 0 Å². The molecule has 0 aliphatic carbocycles. The normalized spacial score (nSPS) is 0.800. The van der Waals surface area contributed by atoms with Crippen LogP contribution < -0.4 is 0 Å². The topological polar surface area (TPSA) is 143 Å². The Balaban J connectivity index is -0.00000000396. The summed E-state index contributed by atoms with van der Waals surface area (Å²) in [5.74, 6) is 0. The molecule has 0 heterocycles. The maximum atomic E-state index is 6.50. The average Bonchev–Trinajstić information content (AvgIpc) is 2.33. The Morgan fingerprint density at radius 1 is 0.400 bits per heavy atom. The van der Waals surface area contributed by atoms with E-state index in [-0.39, 0.29) is 71.3 Å². The SMILES string of the molecule is C#N.C#N.C#N.C#N.C#N.C#N.[CaH2].[Fe].[Ni]. The van der Waals surface area contributed by atoms with Gasteiger partial charge >= 0.3 is 37.7 Å². The number of hydrogen-bond acceptors (Lipinski definition) is 6. The Morgan fingerprint density at radius 2 is 0.400 bits per heavy atom. The molecule has 15 heavy (non-hydrogen) atoms. The van der Waals surface area contributed by atoms with Crippen LogP contribution in [-0.2, 0) is 33.6 Å². The van der Waals surface area contributed by atoms with E-state index in [9.17, 15) is 0 Å². The van der Waals surface area contributed by atoms with Gasteiger partial charge in [0.2, 0.25) is 0 Å². The minimum absolute atomic E-state index is 0. The third kappa shape index (κ3) is 2680. The standard InChI is InChI=1S/6CHN.Ca.Fe.Ni.2H/c6*1-2;;;;;/h6*1H;;;;;. The summed E-state index contributed by atoms with van der Waals surface area (Å²) in [6.07, 6.45) is 0. The Hall–Kier alpha value is -0.787. The van der Waals surface area contributed by atoms with Gasteiger partial charge in [-0.3, -0.25) is 0 Å². The van der Waals surface area contributed by atoms with Crippen molar-refractivity contribution in [2.45, 2.75) is 0 Å². The molecule has 0 aliphatic heterocycles. The van der Waals surface area contributed by atoms with Gasteiger partial charge in [0.15, 0.2) is 0 Å². The van der Waals surface area contributed by atoms with Gasteiger partial charge in [-0.15, -0.1) is 0 Å². The number of nitriles is 6. The van der Waals surface area contributed by atoms with Gasteiger partial charge in [0.05, 0.1) is 0 Å². The number of nitrogens with zero attached hydrogens (tertiary/aromatic N) is 6. The molecule has 0 atom stereocenters. The van der Waals surface area contributed by atoms with Crippen molar-refractivity contribution in [3.8, 4) is 39.4 Å². The molecule has 0 amide bonds. The molecule has 82 valence electrons. The van der Waals surface area contributed by atoms with Crippen LogP contribution in [0.5, 0.6) is 0 Å². The van der Waals surface area contributed by atoms with Crippen molar-refractivity contribution in [1.82, 2.24) is 0 Å². The third-order valence-electron chi connectivity index (χ3n) is 0. The van der Waals surface area contributed by atoms with Gasteiger partial charge in [-0.25, -0.2) is 31.6 Å². The molecule has 0 aromatic rings. The van der Waals surface area contributed by atoms with Crippen molar-refractivity contribution in [2.24, 2.45) is 0 Å². The van der Waals surface area contributed by atoms with Crippen LogP contribution in [0.3, 0.4) is 0 Å². The average molecular weight is 319 g/mol. The first-order valence-electron chi connectivity index (χ1n) is 1.55. The fourth-order valence-corrected chi connectivity index (χ4v) is 0. The Bertz CT molecular complexity index is 103. The molecule has 0 aromatic heterocycles. The molecule has 0 spiro atoms. The molecule has 0 radical (unpaired) electrons. The molecule has 6 nitrogen and oxygen atoms in total. The molecule has 0 aromatic carbocycles. The Labute approximate surface area is 141 Å². The van der Waals surface area contributed by atoms with Crippen LogP contribution >= 0.6 is 0 Å². The van der Waals surface area contributed by atoms with Crippen LogP contribution in [0.15, 0.2) is 0 Å². The smallest absolute Gasteiger partial charge is 0 e. The van der Waals surface area contributed by atoms with Gasteiger partial charge in [0.1, 0.15) is 0 Å². The maximum absolute atomic E-state index is 6.50. The molecule has 0 aliphatic rings. The molecule has 0 unspecified atom stereocenters. The van der Waals surface area contributed by atoms with E-state index in [0.29, 0.717) is 0 Å². The van der Waals surface area contributed by atoms with Gasteiger partial charge in [0.25, 0.3) is 0 Å². The molecule has 0 fully saturated rings. The van der Waals surface area contributed by atoms with Gasteiger partial charge < -0.3 is 0 Å². The maximum Gasteiger partial charge on any atom is 0 e. The van der Waals surface area contributed by atoms with Crippen LogP contribution in [0.4, 0.5) is 0 Å². The minimum atomic E-state index is 0. The van der Waals surface area contributed by atoms with E-state index in [1.54, 1.807) is 0 Å². The van der Waals surface area contributed by atoms with Gasteiger partial charge in [-0.05, 0) is 0 Å². The van der Waals surface area contributed by atoms with Crippen LogP contribution in [0.1, 0.15) is 0 Å². The van der Waals surface area contributed by atoms with Crippen molar-refractivity contribution < 1.29 is 33.6 Å². The van der Waals surface area contributed by atoms with Gasteiger partial charge in [-0.2, -0.15) is 0 Å². The Kier molecular flexibility index (Phi) is 19400. The van der Waals surface area contributed by atoms with Crippen molar-refractivity contribution in [3.05, 3.63) is 0 Å². The van der Waals surface area contributed by atoms with Crippen molar-refractivity contribution >= 4 is 37.7 Å². The van der Waals surface area contributed by atoms with Crippen LogP contribution in [0.25, 0.3) is 0 Å². The quantitative estimate of drug-likeness (QED) is 0.571. The van der Waals surface area contributed by atoms with Crippen molar-refractivity contribution in [1.29, 1.82) is 31.6 Å². The second kappa shape index (κ2) is 3180. The second-order valence-electron chi connectivity index (χ2n) is 0. The van der Waals surface area contributed by atoms with E-state index in [4.69, 9.17) is 31.6 Å². The zero-order valence-corrected chi connectivity index (χ0v) is 8.91. The predicted octanol–water partition coefficient (Wildman–Crippen LogP) is -0.0825. The summed E-state index contributed by atoms with van der Waals surface area (Å²) in [6, 6.07) is 0. The van der Waals surface area contributed by atoms with E-state index >= 15 is 0 Å². The summed E-state index contributed by atoms with van der Waals surface area (Å²) in [5.41, 5.74) is 0. The first-order chi connectivity index (χ1) is 6.00. The zero-order valence-electron chi connectivity index (χ0n) is 6.82. The summed E-state index contributed by atoms with van der Waals surface area (Å²) in [7, 11) is 0. The molecule has 0 bridgehead atoms. The molecule has 0 saturated carbocycles. The van der Waals surface area contributed by atoms with Gasteiger partial charge in [0, 0.05) is 73.0 Å². The summed E-state index contributed by atoms with van der Waals surface area (Å²) < 4.78 is 0. The molecular weight excluding hydrogens is 311 g/mol. The van der Waals surface area contributed by atoms with E-state index in [2.05, 4.69) is 39.4 Å². The minimum Gasteiger partial charge on any atom is 0 e. The first-order valence-corrected chi connectivity index (χ1v) is 1.55. The summed E-state index contributed by atoms with van der Waals surface area (Å²) >= 11 is 0. The molecule has 0 saturated heterocycles. The largest absolute Gasteiger partial charge is 0 e. The number of hydrogen-bond donors (Lipinski definition) is 0. The summed E-state index contributed by atoms with van der Waals surface area (Å²) in [6.45, 7) is 21.0. The molecule has 0 N–H and O–H groups in total. The number of rotatable bonds is 0. The fraction of sp³-hybridized carbons (Fsp3) is 0. The first kappa shape index (κ1) is 91.3. The van der Waals surface area contributed by atoms with E-state index in [0.717, 1.165) is 0 Å². The van der Waals surface area contributed by atoms with E-state index in [1.807, 2.05) is 0 Å². The van der Waals surface area contributed by atoms with Crippen molar-refractivity contribution in [3.63, 3.8) is 0 Å². The van der Waals surface area contributed by atoms with Gasteiger partial charge in [-0.1, -0.05) is 0 Å². The van der Waals surface area contributed by atoms with Crippen LogP contribution in [0.2, 0.25) is 0 Å². The zero-order chi connectivity index (χ0) is 12.0.